The van der Waals surface area contributed by atoms with Crippen LogP contribution in [-0.4, -0.2) is 30.3 Å². The first-order valence-electron chi connectivity index (χ1n) is 5.31. The van der Waals surface area contributed by atoms with Gasteiger partial charge >= 0.3 is 12.1 Å². The van der Waals surface area contributed by atoms with Crippen molar-refractivity contribution in [2.24, 2.45) is 5.92 Å². The standard InChI is InChI=1S/C12H17NO4/c1-6-8-7-12(8,9(14)16-5)13-10(15)17-11(2,3)4/h1,8H,7H2,2-5H3,(H,13,15)/t8-,12+/m0/s1. The molecular weight excluding hydrogens is 222 g/mol. The summed E-state index contributed by atoms with van der Waals surface area (Å²) in [6.07, 6.45) is 4.97. The number of rotatable bonds is 2. The second-order valence-corrected chi connectivity index (χ2v) is 5.01. The Morgan fingerprint density at radius 3 is 2.41 bits per heavy atom. The summed E-state index contributed by atoms with van der Waals surface area (Å²) in [5, 5.41) is 2.50. The molecule has 0 aromatic heterocycles. The van der Waals surface area contributed by atoms with Crippen LogP contribution in [0.3, 0.4) is 0 Å². The van der Waals surface area contributed by atoms with E-state index in [0.717, 1.165) is 0 Å². The van der Waals surface area contributed by atoms with Crippen LogP contribution in [0.4, 0.5) is 4.79 Å². The van der Waals surface area contributed by atoms with Crippen LogP contribution in [-0.2, 0) is 14.3 Å². The lowest BCUT2D eigenvalue weighted by atomic mass is 10.2. The van der Waals surface area contributed by atoms with Gasteiger partial charge < -0.3 is 14.8 Å². The molecule has 1 aliphatic rings. The summed E-state index contributed by atoms with van der Waals surface area (Å²) in [5.41, 5.74) is -1.73. The number of amides is 1. The van der Waals surface area contributed by atoms with E-state index in [9.17, 15) is 9.59 Å². The number of methoxy groups -OCH3 is 1. The molecule has 5 nitrogen and oxygen atoms in total. The molecule has 1 N–H and O–H groups in total. The third-order valence-electron chi connectivity index (χ3n) is 2.44. The molecule has 1 amide bonds. The number of esters is 1. The zero-order valence-electron chi connectivity index (χ0n) is 10.5. The van der Waals surface area contributed by atoms with Crippen LogP contribution in [0.15, 0.2) is 0 Å². The first-order chi connectivity index (χ1) is 7.75. The highest BCUT2D eigenvalue weighted by atomic mass is 16.6. The van der Waals surface area contributed by atoms with E-state index in [2.05, 4.69) is 16.0 Å². The Balaban J connectivity index is 2.69. The minimum Gasteiger partial charge on any atom is -0.467 e. The van der Waals surface area contributed by atoms with Gasteiger partial charge in [-0.05, 0) is 27.2 Å². The Kier molecular flexibility index (Phi) is 3.37. The van der Waals surface area contributed by atoms with E-state index in [1.807, 2.05) is 0 Å². The Morgan fingerprint density at radius 1 is 1.47 bits per heavy atom. The van der Waals surface area contributed by atoms with E-state index in [0.29, 0.717) is 6.42 Å². The lowest BCUT2D eigenvalue weighted by Crippen LogP contribution is -2.47. The molecule has 1 fully saturated rings. The van der Waals surface area contributed by atoms with E-state index >= 15 is 0 Å². The fourth-order valence-electron chi connectivity index (χ4n) is 1.55. The molecule has 0 bridgehead atoms. The van der Waals surface area contributed by atoms with Gasteiger partial charge in [0, 0.05) is 0 Å². The third kappa shape index (κ3) is 2.90. The number of terminal acetylenes is 1. The minimum atomic E-state index is -1.11. The topological polar surface area (TPSA) is 64.6 Å². The second-order valence-electron chi connectivity index (χ2n) is 5.01. The van der Waals surface area contributed by atoms with Crippen LogP contribution < -0.4 is 5.32 Å². The summed E-state index contributed by atoms with van der Waals surface area (Å²) in [7, 11) is 1.26. The molecule has 0 aromatic carbocycles. The Hall–Kier alpha value is -1.70. The number of nitrogens with one attached hydrogen (secondary N) is 1. The molecule has 0 aromatic rings. The van der Waals surface area contributed by atoms with Gasteiger partial charge in [0.15, 0.2) is 5.54 Å². The normalized spacial score (nSPS) is 26.6. The molecule has 0 heterocycles. The number of carbonyl (C=O) groups excluding carboxylic acids is 2. The molecule has 0 radical (unpaired) electrons. The Morgan fingerprint density at radius 2 is 2.06 bits per heavy atom. The second kappa shape index (κ2) is 4.28. The third-order valence-corrected chi connectivity index (χ3v) is 2.44. The van der Waals surface area contributed by atoms with Crippen LogP contribution in [0.2, 0.25) is 0 Å². The van der Waals surface area contributed by atoms with Gasteiger partial charge in [-0.15, -0.1) is 12.3 Å². The van der Waals surface area contributed by atoms with E-state index in [1.165, 1.54) is 7.11 Å². The number of ether oxygens (including phenoxy) is 2. The van der Waals surface area contributed by atoms with Gasteiger partial charge in [-0.3, -0.25) is 0 Å². The van der Waals surface area contributed by atoms with Gasteiger partial charge in [0.05, 0.1) is 13.0 Å². The molecule has 0 saturated heterocycles. The SMILES string of the molecule is C#C[C@H]1C[C@]1(NC(=O)OC(C)(C)C)C(=O)OC. The van der Waals surface area contributed by atoms with E-state index in [1.54, 1.807) is 20.8 Å². The van der Waals surface area contributed by atoms with Gasteiger partial charge in [0.2, 0.25) is 0 Å². The van der Waals surface area contributed by atoms with Gasteiger partial charge in [-0.2, -0.15) is 0 Å². The van der Waals surface area contributed by atoms with Gasteiger partial charge in [-0.25, -0.2) is 9.59 Å². The van der Waals surface area contributed by atoms with Crippen LogP contribution in [0.25, 0.3) is 0 Å². The Bertz CT molecular complexity index is 377. The minimum absolute atomic E-state index is 0.331. The van der Waals surface area contributed by atoms with E-state index in [4.69, 9.17) is 11.2 Å². The van der Waals surface area contributed by atoms with E-state index < -0.39 is 23.2 Å². The molecule has 1 rings (SSSR count). The highest BCUT2D eigenvalue weighted by Crippen LogP contribution is 2.44. The lowest BCUT2D eigenvalue weighted by molar-refractivity contribution is -0.144. The largest absolute Gasteiger partial charge is 0.467 e. The molecule has 0 aliphatic heterocycles. The predicted molar refractivity (Wildman–Crippen MR) is 61.1 cm³/mol. The number of alkyl carbamates (subject to hydrolysis) is 1. The molecule has 1 aliphatic carbocycles. The monoisotopic (exact) mass is 239 g/mol. The first kappa shape index (κ1) is 13.4. The maximum atomic E-state index is 11.6. The summed E-state index contributed by atoms with van der Waals surface area (Å²) in [6, 6.07) is 0. The number of hydrogen-bond acceptors (Lipinski definition) is 4. The molecule has 17 heavy (non-hydrogen) atoms. The van der Waals surface area contributed by atoms with Crippen molar-refractivity contribution in [2.45, 2.75) is 38.3 Å². The summed E-state index contributed by atoms with van der Waals surface area (Å²) in [4.78, 5) is 23.2. The van der Waals surface area contributed by atoms with Crippen molar-refractivity contribution >= 4 is 12.1 Å². The average Bonchev–Trinajstić information content (AvgIpc) is 2.88. The predicted octanol–water partition coefficient (Wildman–Crippen LogP) is 1.08. The van der Waals surface area contributed by atoms with Gasteiger partial charge in [0.25, 0.3) is 0 Å². The van der Waals surface area contributed by atoms with Crippen molar-refractivity contribution in [1.82, 2.24) is 5.32 Å². The van der Waals surface area contributed by atoms with Crippen molar-refractivity contribution in [3.63, 3.8) is 0 Å². The first-order valence-corrected chi connectivity index (χ1v) is 5.31. The summed E-state index contributed by atoms with van der Waals surface area (Å²) >= 11 is 0. The molecule has 2 atom stereocenters. The Labute approximate surface area is 101 Å². The smallest absolute Gasteiger partial charge is 0.408 e. The zero-order chi connectivity index (χ0) is 13.3. The lowest BCUT2D eigenvalue weighted by Gasteiger charge is -2.22. The van der Waals surface area contributed by atoms with E-state index in [-0.39, 0.29) is 5.92 Å². The highest BCUT2D eigenvalue weighted by Gasteiger charge is 2.62. The van der Waals surface area contributed by atoms with Crippen LogP contribution >= 0.6 is 0 Å². The molecule has 94 valence electrons. The van der Waals surface area contributed by atoms with Gasteiger partial charge in [-0.1, -0.05) is 0 Å². The zero-order valence-corrected chi connectivity index (χ0v) is 10.5. The molecular formula is C12H17NO4. The van der Waals surface area contributed by atoms with Crippen LogP contribution in [0.5, 0.6) is 0 Å². The average molecular weight is 239 g/mol. The number of hydrogen-bond donors (Lipinski definition) is 1. The molecule has 0 spiro atoms. The fourth-order valence-corrected chi connectivity index (χ4v) is 1.55. The fraction of sp³-hybridized carbons (Fsp3) is 0.667. The molecule has 1 saturated carbocycles. The van der Waals surface area contributed by atoms with Crippen molar-refractivity contribution in [2.75, 3.05) is 7.11 Å². The maximum Gasteiger partial charge on any atom is 0.408 e. The molecule has 0 unspecified atom stereocenters. The molecule has 5 heteroatoms. The van der Waals surface area contributed by atoms with Crippen LogP contribution in [0.1, 0.15) is 27.2 Å². The summed E-state index contributed by atoms with van der Waals surface area (Å²) in [5.74, 6) is 1.58. The number of carbonyl (C=O) groups is 2. The van der Waals surface area contributed by atoms with Gasteiger partial charge in [0.1, 0.15) is 5.60 Å². The summed E-state index contributed by atoms with van der Waals surface area (Å²) in [6.45, 7) is 5.22. The highest BCUT2D eigenvalue weighted by molar-refractivity contribution is 5.90. The van der Waals surface area contributed by atoms with Crippen molar-refractivity contribution in [3.05, 3.63) is 0 Å². The van der Waals surface area contributed by atoms with Crippen LogP contribution in [0, 0.1) is 18.3 Å². The van der Waals surface area contributed by atoms with Crippen molar-refractivity contribution < 1.29 is 19.1 Å². The van der Waals surface area contributed by atoms with Crippen molar-refractivity contribution in [3.8, 4) is 12.3 Å². The maximum absolute atomic E-state index is 11.6. The quantitative estimate of drug-likeness (QED) is 0.578. The van der Waals surface area contributed by atoms with Crippen molar-refractivity contribution in [1.29, 1.82) is 0 Å². The summed E-state index contributed by atoms with van der Waals surface area (Å²) < 4.78 is 9.71.